The maximum absolute atomic E-state index is 12.7. The van der Waals surface area contributed by atoms with Crippen molar-refractivity contribution in [3.05, 3.63) is 78.4 Å². The molecule has 7 nitrogen and oxygen atoms in total. The van der Waals surface area contributed by atoms with Gasteiger partial charge in [0.2, 0.25) is 5.90 Å². The van der Waals surface area contributed by atoms with Crippen molar-refractivity contribution >= 4 is 17.8 Å². The number of fused-ring (bicyclic) bond motifs is 1. The number of nitrogens with one attached hydrogen (secondary N) is 1. The van der Waals surface area contributed by atoms with Gasteiger partial charge in [-0.1, -0.05) is 36.4 Å². The number of hydrogen-bond acceptors (Lipinski definition) is 7. The minimum absolute atomic E-state index is 0.0661. The quantitative estimate of drug-likeness (QED) is 0.420. The Balaban J connectivity index is 1.65. The van der Waals surface area contributed by atoms with Crippen molar-refractivity contribution in [3.8, 4) is 28.4 Å². The maximum atomic E-state index is 12.7. The van der Waals surface area contributed by atoms with Crippen molar-refractivity contribution in [1.82, 2.24) is 0 Å². The second-order valence-corrected chi connectivity index (χ2v) is 8.00. The molecule has 0 spiro atoms. The lowest BCUT2D eigenvalue weighted by Crippen LogP contribution is -2.39. The highest BCUT2D eigenvalue weighted by atomic mass is 16.5. The zero-order valence-corrected chi connectivity index (χ0v) is 19.7. The minimum atomic E-state index is -1.02. The minimum Gasteiger partial charge on any atom is -0.466 e. The molecule has 2 unspecified atom stereocenters. The second kappa shape index (κ2) is 10.9. The molecule has 3 aromatic carbocycles. The van der Waals surface area contributed by atoms with Gasteiger partial charge in [0.1, 0.15) is 23.2 Å². The smallest absolute Gasteiger partial charge is 0.319 e. The molecule has 0 amide bonds. The number of benzene rings is 3. The first kappa shape index (κ1) is 24.0. The van der Waals surface area contributed by atoms with Gasteiger partial charge in [-0.15, -0.1) is 0 Å². The lowest BCUT2D eigenvalue weighted by Gasteiger charge is -2.32. The van der Waals surface area contributed by atoms with Crippen LogP contribution in [0.15, 0.2) is 72.8 Å². The first-order valence-corrected chi connectivity index (χ1v) is 11.6. The molecule has 4 rings (SSSR count). The van der Waals surface area contributed by atoms with Crippen LogP contribution >= 0.6 is 0 Å². The molecule has 180 valence electrons. The molecule has 1 heterocycles. The fourth-order valence-corrected chi connectivity index (χ4v) is 4.13. The van der Waals surface area contributed by atoms with E-state index < -0.39 is 23.8 Å². The Kier molecular flexibility index (Phi) is 7.45. The van der Waals surface area contributed by atoms with Gasteiger partial charge in [0.25, 0.3) is 0 Å². The SMILES string of the molecule is CCOC(=O)CC1c2cc(-c3ccc(Oc4ccccc4)cc3)ccc2OC(=N)C1C(=O)OCC. The largest absolute Gasteiger partial charge is 0.466 e. The third-order valence-corrected chi connectivity index (χ3v) is 5.71. The van der Waals surface area contributed by atoms with Crippen LogP contribution in [0.5, 0.6) is 17.2 Å². The fourth-order valence-electron chi connectivity index (χ4n) is 4.13. The summed E-state index contributed by atoms with van der Waals surface area (Å²) < 4.78 is 21.9. The lowest BCUT2D eigenvalue weighted by atomic mass is 9.80. The van der Waals surface area contributed by atoms with Crippen LogP contribution in [0.4, 0.5) is 0 Å². The number of carbonyl (C=O) groups excluding carboxylic acids is 2. The zero-order chi connectivity index (χ0) is 24.8. The average molecular weight is 474 g/mol. The van der Waals surface area contributed by atoms with Crippen LogP contribution in [0.3, 0.4) is 0 Å². The molecule has 1 N–H and O–H groups in total. The Bertz CT molecular complexity index is 1210. The number of ether oxygens (including phenoxy) is 4. The van der Waals surface area contributed by atoms with E-state index in [1.54, 1.807) is 19.9 Å². The van der Waals surface area contributed by atoms with Crippen LogP contribution in [-0.2, 0) is 19.1 Å². The van der Waals surface area contributed by atoms with Crippen LogP contribution in [0, 0.1) is 11.3 Å². The summed E-state index contributed by atoms with van der Waals surface area (Å²) in [5.74, 6) is -1.03. The van der Waals surface area contributed by atoms with Gasteiger partial charge in [-0.3, -0.25) is 15.0 Å². The summed E-state index contributed by atoms with van der Waals surface area (Å²) in [6, 6.07) is 22.7. The van der Waals surface area contributed by atoms with E-state index in [4.69, 9.17) is 24.4 Å². The molecule has 1 aliphatic rings. The third-order valence-electron chi connectivity index (χ3n) is 5.71. The van der Waals surface area contributed by atoms with E-state index in [2.05, 4.69) is 0 Å². The van der Waals surface area contributed by atoms with E-state index in [-0.39, 0.29) is 25.5 Å². The van der Waals surface area contributed by atoms with Crippen molar-refractivity contribution in [1.29, 1.82) is 5.41 Å². The van der Waals surface area contributed by atoms with Gasteiger partial charge < -0.3 is 18.9 Å². The molecular formula is C28H27NO6. The fraction of sp³-hybridized carbons (Fsp3) is 0.250. The number of para-hydroxylation sites is 1. The molecule has 7 heteroatoms. The van der Waals surface area contributed by atoms with Crippen molar-refractivity contribution in [2.24, 2.45) is 5.92 Å². The number of carbonyl (C=O) groups is 2. The van der Waals surface area contributed by atoms with Gasteiger partial charge in [-0.05, 0) is 61.4 Å². The van der Waals surface area contributed by atoms with E-state index in [9.17, 15) is 9.59 Å². The first-order valence-electron chi connectivity index (χ1n) is 11.6. The molecule has 0 radical (unpaired) electrons. The highest BCUT2D eigenvalue weighted by Crippen LogP contribution is 2.43. The van der Waals surface area contributed by atoms with Crippen LogP contribution in [0.1, 0.15) is 31.7 Å². The Morgan fingerprint density at radius 1 is 0.857 bits per heavy atom. The molecule has 35 heavy (non-hydrogen) atoms. The van der Waals surface area contributed by atoms with Gasteiger partial charge in [0.05, 0.1) is 19.6 Å². The summed E-state index contributed by atoms with van der Waals surface area (Å²) in [6.45, 7) is 3.82. The average Bonchev–Trinajstić information content (AvgIpc) is 2.85. The monoisotopic (exact) mass is 473 g/mol. The molecule has 0 fully saturated rings. The predicted octanol–water partition coefficient (Wildman–Crippen LogP) is 5.73. The molecule has 0 saturated carbocycles. The van der Waals surface area contributed by atoms with Crippen LogP contribution in [0.25, 0.3) is 11.1 Å². The second-order valence-electron chi connectivity index (χ2n) is 8.00. The van der Waals surface area contributed by atoms with Crippen LogP contribution in [0.2, 0.25) is 0 Å². The molecule has 0 saturated heterocycles. The molecule has 0 aliphatic carbocycles. The molecule has 0 aromatic heterocycles. The molecule has 1 aliphatic heterocycles. The van der Waals surface area contributed by atoms with E-state index in [1.807, 2.05) is 66.7 Å². The Morgan fingerprint density at radius 2 is 1.51 bits per heavy atom. The normalized spacial score (nSPS) is 16.6. The molecule has 3 aromatic rings. The predicted molar refractivity (Wildman–Crippen MR) is 131 cm³/mol. The van der Waals surface area contributed by atoms with Gasteiger partial charge >= 0.3 is 11.9 Å². The van der Waals surface area contributed by atoms with Gasteiger partial charge in [-0.2, -0.15) is 0 Å². The Hall–Kier alpha value is -4.13. The number of rotatable bonds is 8. The Labute approximate surface area is 204 Å². The standard InChI is InChI=1S/C28H27NO6/c1-3-32-25(30)17-23-22-16-19(12-15-24(22)35-27(29)26(23)28(31)33-4-2)18-10-13-21(14-11-18)34-20-8-6-5-7-9-20/h5-16,23,26,29H,3-4,17H2,1-2H3. The summed E-state index contributed by atoms with van der Waals surface area (Å²) in [5.41, 5.74) is 2.47. The summed E-state index contributed by atoms with van der Waals surface area (Å²) in [5, 5.41) is 8.31. The maximum Gasteiger partial charge on any atom is 0.319 e. The Morgan fingerprint density at radius 3 is 2.20 bits per heavy atom. The molecule has 0 bridgehead atoms. The third kappa shape index (κ3) is 5.51. The highest BCUT2D eigenvalue weighted by Gasteiger charge is 2.42. The first-order chi connectivity index (χ1) is 17.0. The van der Waals surface area contributed by atoms with Crippen molar-refractivity contribution < 1.29 is 28.5 Å². The number of esters is 2. The van der Waals surface area contributed by atoms with Gasteiger partial charge in [0, 0.05) is 11.5 Å². The van der Waals surface area contributed by atoms with Crippen LogP contribution < -0.4 is 9.47 Å². The van der Waals surface area contributed by atoms with Crippen molar-refractivity contribution in [2.75, 3.05) is 13.2 Å². The van der Waals surface area contributed by atoms with Gasteiger partial charge in [0.15, 0.2) is 0 Å². The molecule has 2 atom stereocenters. The van der Waals surface area contributed by atoms with E-state index in [0.717, 1.165) is 16.9 Å². The highest BCUT2D eigenvalue weighted by molar-refractivity contribution is 6.00. The van der Waals surface area contributed by atoms with Crippen molar-refractivity contribution in [2.45, 2.75) is 26.2 Å². The topological polar surface area (TPSA) is 94.9 Å². The summed E-state index contributed by atoms with van der Waals surface area (Å²) in [6.07, 6.45) is -0.0661. The summed E-state index contributed by atoms with van der Waals surface area (Å²) in [4.78, 5) is 25.1. The number of hydrogen-bond donors (Lipinski definition) is 1. The van der Waals surface area contributed by atoms with E-state index >= 15 is 0 Å². The van der Waals surface area contributed by atoms with Crippen molar-refractivity contribution in [3.63, 3.8) is 0 Å². The van der Waals surface area contributed by atoms with Crippen LogP contribution in [-0.4, -0.2) is 31.1 Å². The van der Waals surface area contributed by atoms with E-state index in [1.165, 1.54) is 0 Å². The zero-order valence-electron chi connectivity index (χ0n) is 19.7. The lowest BCUT2D eigenvalue weighted by molar-refractivity contribution is -0.148. The summed E-state index contributed by atoms with van der Waals surface area (Å²) in [7, 11) is 0. The molecular weight excluding hydrogens is 446 g/mol. The van der Waals surface area contributed by atoms with E-state index in [0.29, 0.717) is 17.1 Å². The van der Waals surface area contributed by atoms with Gasteiger partial charge in [-0.25, -0.2) is 0 Å². The summed E-state index contributed by atoms with van der Waals surface area (Å²) >= 11 is 0.